The molecular formula is C11H15N2O. The Balaban J connectivity index is 2.73. The molecule has 1 aromatic rings. The average Bonchev–Trinajstić information content (AvgIpc) is 2.19. The van der Waals surface area contributed by atoms with Crippen LogP contribution in [0.25, 0.3) is 0 Å². The number of hydrogen-bond acceptors (Lipinski definition) is 1. The summed E-state index contributed by atoms with van der Waals surface area (Å²) < 4.78 is 0. The maximum atomic E-state index is 11.1. The van der Waals surface area contributed by atoms with Gasteiger partial charge in [0.1, 0.15) is 0 Å². The molecule has 0 aliphatic rings. The Bertz CT molecular complexity index is 285. The highest BCUT2D eigenvalue weighted by molar-refractivity contribution is 5.90. The van der Waals surface area contributed by atoms with Crippen LogP contribution in [-0.4, -0.2) is 12.6 Å². The zero-order valence-corrected chi connectivity index (χ0v) is 8.36. The van der Waals surface area contributed by atoms with Gasteiger partial charge in [-0.05, 0) is 24.6 Å². The Morgan fingerprint density at radius 3 is 2.64 bits per heavy atom. The molecule has 14 heavy (non-hydrogen) atoms. The van der Waals surface area contributed by atoms with Crippen LogP contribution in [0.3, 0.4) is 0 Å². The topological polar surface area (TPSA) is 46.3 Å². The van der Waals surface area contributed by atoms with Gasteiger partial charge >= 0.3 is 6.03 Å². The van der Waals surface area contributed by atoms with Gasteiger partial charge in [-0.1, -0.05) is 25.5 Å². The number of unbranched alkanes of at least 4 members (excludes halogenated alkanes) is 1. The minimum absolute atomic E-state index is 0.398. The van der Waals surface area contributed by atoms with E-state index >= 15 is 0 Å². The number of anilines is 1. The number of urea groups is 1. The van der Waals surface area contributed by atoms with Crippen LogP contribution in [0.1, 0.15) is 19.8 Å². The van der Waals surface area contributed by atoms with Gasteiger partial charge in [-0.25, -0.2) is 4.79 Å². The van der Waals surface area contributed by atoms with Crippen molar-refractivity contribution in [2.45, 2.75) is 19.8 Å². The summed E-state index contributed by atoms with van der Waals surface area (Å²) in [6.45, 7) is 2.76. The van der Waals surface area contributed by atoms with Crippen LogP contribution in [0.2, 0.25) is 0 Å². The molecule has 0 atom stereocenters. The summed E-state index contributed by atoms with van der Waals surface area (Å²) in [5, 5.41) is 0. The van der Waals surface area contributed by atoms with Crippen LogP contribution >= 0.6 is 0 Å². The summed E-state index contributed by atoms with van der Waals surface area (Å²) in [4.78, 5) is 12.7. The standard InChI is InChI=1S/C11H15N2O/c1-2-3-9-13(11(12)14)10-7-5-4-6-8-10/h5-8H,2-3,9H2,1H3,(H2,12,14). The van der Waals surface area contributed by atoms with Gasteiger partial charge < -0.3 is 5.73 Å². The van der Waals surface area contributed by atoms with Gasteiger partial charge in [-0.2, -0.15) is 0 Å². The molecule has 0 heterocycles. The van der Waals surface area contributed by atoms with E-state index in [2.05, 4.69) is 13.0 Å². The lowest BCUT2D eigenvalue weighted by atomic mass is 10.2. The van der Waals surface area contributed by atoms with Gasteiger partial charge in [-0.3, -0.25) is 4.90 Å². The Morgan fingerprint density at radius 2 is 2.14 bits per heavy atom. The third-order valence-corrected chi connectivity index (χ3v) is 2.01. The number of benzene rings is 1. The van der Waals surface area contributed by atoms with Gasteiger partial charge in [0.15, 0.2) is 0 Å². The molecule has 75 valence electrons. The van der Waals surface area contributed by atoms with E-state index < -0.39 is 6.03 Å². The first-order valence-corrected chi connectivity index (χ1v) is 4.78. The van der Waals surface area contributed by atoms with Crippen LogP contribution in [0.15, 0.2) is 24.3 Å². The highest BCUT2D eigenvalue weighted by Crippen LogP contribution is 2.13. The van der Waals surface area contributed by atoms with Crippen molar-refractivity contribution < 1.29 is 4.79 Å². The van der Waals surface area contributed by atoms with E-state index in [1.807, 2.05) is 12.1 Å². The fraction of sp³-hybridized carbons (Fsp3) is 0.364. The molecular weight excluding hydrogens is 176 g/mol. The summed E-state index contributed by atoms with van der Waals surface area (Å²) >= 11 is 0. The van der Waals surface area contributed by atoms with Gasteiger partial charge in [0.2, 0.25) is 0 Å². The molecule has 0 fully saturated rings. The van der Waals surface area contributed by atoms with Gasteiger partial charge in [-0.15, -0.1) is 0 Å². The van der Waals surface area contributed by atoms with E-state index in [-0.39, 0.29) is 0 Å². The molecule has 0 spiro atoms. The third-order valence-electron chi connectivity index (χ3n) is 2.01. The first-order valence-electron chi connectivity index (χ1n) is 4.78. The van der Waals surface area contributed by atoms with Crippen LogP contribution in [0, 0.1) is 6.07 Å². The monoisotopic (exact) mass is 191 g/mol. The minimum atomic E-state index is -0.398. The van der Waals surface area contributed by atoms with Crippen molar-refractivity contribution in [3.8, 4) is 0 Å². The molecule has 1 rings (SSSR count). The smallest absolute Gasteiger partial charge is 0.319 e. The number of primary amides is 1. The van der Waals surface area contributed by atoms with Crippen LogP contribution in [0.4, 0.5) is 10.5 Å². The average molecular weight is 191 g/mol. The van der Waals surface area contributed by atoms with E-state index in [1.54, 1.807) is 17.0 Å². The highest BCUT2D eigenvalue weighted by Gasteiger charge is 2.10. The molecule has 0 saturated heterocycles. The molecule has 0 aliphatic carbocycles. The lowest BCUT2D eigenvalue weighted by Gasteiger charge is -2.19. The Labute approximate surface area is 84.5 Å². The molecule has 3 heteroatoms. The molecule has 0 bridgehead atoms. The summed E-state index contributed by atoms with van der Waals surface area (Å²) in [7, 11) is 0. The number of carbonyl (C=O) groups excluding carboxylic acids is 1. The summed E-state index contributed by atoms with van der Waals surface area (Å²) in [6.07, 6.45) is 2.00. The van der Waals surface area contributed by atoms with Crippen LogP contribution in [0.5, 0.6) is 0 Å². The molecule has 0 aliphatic heterocycles. The lowest BCUT2D eigenvalue weighted by Crippen LogP contribution is -2.36. The van der Waals surface area contributed by atoms with E-state index in [0.29, 0.717) is 6.54 Å². The fourth-order valence-corrected chi connectivity index (χ4v) is 1.24. The lowest BCUT2D eigenvalue weighted by molar-refractivity contribution is 0.254. The zero-order chi connectivity index (χ0) is 10.4. The van der Waals surface area contributed by atoms with Crippen molar-refractivity contribution in [2.75, 3.05) is 11.4 Å². The maximum absolute atomic E-state index is 11.1. The predicted molar refractivity (Wildman–Crippen MR) is 57.1 cm³/mol. The van der Waals surface area contributed by atoms with Crippen molar-refractivity contribution in [1.29, 1.82) is 0 Å². The van der Waals surface area contributed by atoms with Crippen molar-refractivity contribution >= 4 is 11.7 Å². The van der Waals surface area contributed by atoms with Crippen molar-refractivity contribution in [2.24, 2.45) is 5.73 Å². The molecule has 2 amide bonds. The third kappa shape index (κ3) is 2.76. The Morgan fingerprint density at radius 1 is 1.50 bits per heavy atom. The maximum Gasteiger partial charge on any atom is 0.319 e. The number of rotatable bonds is 4. The molecule has 2 N–H and O–H groups in total. The second-order valence-electron chi connectivity index (χ2n) is 3.10. The zero-order valence-electron chi connectivity index (χ0n) is 8.36. The van der Waals surface area contributed by atoms with E-state index in [4.69, 9.17) is 5.73 Å². The van der Waals surface area contributed by atoms with E-state index in [9.17, 15) is 4.79 Å². The van der Waals surface area contributed by atoms with Gasteiger partial charge in [0, 0.05) is 12.2 Å². The van der Waals surface area contributed by atoms with Gasteiger partial charge in [0.05, 0.1) is 0 Å². The molecule has 1 aromatic carbocycles. The van der Waals surface area contributed by atoms with Crippen LogP contribution < -0.4 is 10.6 Å². The number of nitrogens with two attached hydrogens (primary N) is 1. The predicted octanol–water partition coefficient (Wildman–Crippen LogP) is 2.17. The number of nitrogens with zero attached hydrogens (tertiary/aromatic N) is 1. The Hall–Kier alpha value is -1.51. The van der Waals surface area contributed by atoms with Gasteiger partial charge in [0.25, 0.3) is 0 Å². The summed E-state index contributed by atoms with van der Waals surface area (Å²) in [5.74, 6) is 0. The number of carbonyl (C=O) groups is 1. The van der Waals surface area contributed by atoms with Crippen molar-refractivity contribution in [3.63, 3.8) is 0 Å². The van der Waals surface area contributed by atoms with Crippen LogP contribution in [-0.2, 0) is 0 Å². The SMILES string of the molecule is CCCCN(C(N)=O)c1cc[c]cc1. The highest BCUT2D eigenvalue weighted by atomic mass is 16.2. The molecule has 0 saturated carbocycles. The second-order valence-corrected chi connectivity index (χ2v) is 3.10. The molecule has 0 aromatic heterocycles. The second kappa shape index (κ2) is 5.27. The minimum Gasteiger partial charge on any atom is -0.351 e. The normalized spacial score (nSPS) is 9.79. The number of amides is 2. The quantitative estimate of drug-likeness (QED) is 0.779. The largest absolute Gasteiger partial charge is 0.351 e. The molecule has 0 unspecified atom stereocenters. The molecule has 3 nitrogen and oxygen atoms in total. The first-order chi connectivity index (χ1) is 6.75. The fourth-order valence-electron chi connectivity index (χ4n) is 1.24. The van der Waals surface area contributed by atoms with Crippen molar-refractivity contribution in [3.05, 3.63) is 30.3 Å². The number of hydrogen-bond donors (Lipinski definition) is 1. The Kier molecular flexibility index (Phi) is 3.98. The summed E-state index contributed by atoms with van der Waals surface area (Å²) in [5.41, 5.74) is 6.12. The van der Waals surface area contributed by atoms with Crippen molar-refractivity contribution in [1.82, 2.24) is 0 Å². The first kappa shape index (κ1) is 10.6. The van der Waals surface area contributed by atoms with E-state index in [0.717, 1.165) is 18.5 Å². The van der Waals surface area contributed by atoms with E-state index in [1.165, 1.54) is 0 Å². The summed E-state index contributed by atoms with van der Waals surface area (Å²) in [6, 6.07) is 9.72. The molecule has 1 radical (unpaired) electrons.